The van der Waals surface area contributed by atoms with E-state index in [1.54, 1.807) is 0 Å². The number of hydrogen-bond donors (Lipinski definition) is 1. The predicted octanol–water partition coefficient (Wildman–Crippen LogP) is 2.04. The van der Waals surface area contributed by atoms with Crippen molar-refractivity contribution in [2.75, 3.05) is 52.6 Å². The molecule has 1 atom stereocenters. The number of aliphatic imine (C=N–C) groups is 1. The molecule has 0 aliphatic carbocycles. The number of rotatable bonds is 9. The average Bonchev–Trinajstić information content (AvgIpc) is 3.11. The SMILES string of the molecule is CCNC(=NCCCOCC1CCCO1)N1CCC(OCC)CC1. The predicted molar refractivity (Wildman–Crippen MR) is 96.6 cm³/mol. The molecule has 0 spiro atoms. The lowest BCUT2D eigenvalue weighted by Gasteiger charge is -2.34. The maximum absolute atomic E-state index is 5.72. The van der Waals surface area contributed by atoms with Crippen molar-refractivity contribution >= 4 is 5.96 Å². The van der Waals surface area contributed by atoms with Gasteiger partial charge in [-0.1, -0.05) is 0 Å². The fraction of sp³-hybridized carbons (Fsp3) is 0.944. The Kier molecular flexibility index (Phi) is 9.46. The van der Waals surface area contributed by atoms with Crippen molar-refractivity contribution in [3.05, 3.63) is 0 Å². The van der Waals surface area contributed by atoms with E-state index in [9.17, 15) is 0 Å². The molecule has 0 bridgehead atoms. The molecule has 0 aromatic carbocycles. The second-order valence-corrected chi connectivity index (χ2v) is 6.44. The summed E-state index contributed by atoms with van der Waals surface area (Å²) in [6.07, 6.45) is 6.17. The average molecular weight is 341 g/mol. The summed E-state index contributed by atoms with van der Waals surface area (Å²) in [6, 6.07) is 0. The van der Waals surface area contributed by atoms with Gasteiger partial charge in [0.1, 0.15) is 0 Å². The third kappa shape index (κ3) is 6.95. The molecule has 0 saturated carbocycles. The van der Waals surface area contributed by atoms with Crippen LogP contribution in [0.3, 0.4) is 0 Å². The monoisotopic (exact) mass is 341 g/mol. The van der Waals surface area contributed by atoms with E-state index in [1.807, 2.05) is 0 Å². The lowest BCUT2D eigenvalue weighted by molar-refractivity contribution is 0.0170. The van der Waals surface area contributed by atoms with Gasteiger partial charge in [0.05, 0.1) is 18.8 Å². The first-order valence-corrected chi connectivity index (χ1v) is 9.67. The van der Waals surface area contributed by atoms with Gasteiger partial charge in [-0.3, -0.25) is 4.99 Å². The minimum Gasteiger partial charge on any atom is -0.379 e. The number of guanidine groups is 1. The second-order valence-electron chi connectivity index (χ2n) is 6.44. The highest BCUT2D eigenvalue weighted by Gasteiger charge is 2.21. The molecule has 140 valence electrons. The minimum atomic E-state index is 0.317. The summed E-state index contributed by atoms with van der Waals surface area (Å²) < 4.78 is 17.0. The first kappa shape index (κ1) is 19.5. The summed E-state index contributed by atoms with van der Waals surface area (Å²) in [5.74, 6) is 1.03. The van der Waals surface area contributed by atoms with E-state index in [0.717, 1.165) is 84.2 Å². The molecule has 2 rings (SSSR count). The summed E-state index contributed by atoms with van der Waals surface area (Å²) in [5, 5.41) is 3.41. The molecule has 0 radical (unpaired) electrons. The normalized spacial score (nSPS) is 23.0. The molecule has 24 heavy (non-hydrogen) atoms. The molecule has 2 aliphatic rings. The molecule has 1 N–H and O–H groups in total. The highest BCUT2D eigenvalue weighted by atomic mass is 16.5. The summed E-state index contributed by atoms with van der Waals surface area (Å²) in [5.41, 5.74) is 0. The van der Waals surface area contributed by atoms with E-state index in [-0.39, 0.29) is 0 Å². The van der Waals surface area contributed by atoms with Crippen LogP contribution in [0.2, 0.25) is 0 Å². The first-order chi connectivity index (χ1) is 11.8. The van der Waals surface area contributed by atoms with Crippen molar-refractivity contribution in [3.63, 3.8) is 0 Å². The van der Waals surface area contributed by atoms with Crippen LogP contribution >= 0.6 is 0 Å². The van der Waals surface area contributed by atoms with E-state index in [4.69, 9.17) is 19.2 Å². The fourth-order valence-electron chi connectivity index (χ4n) is 3.24. The summed E-state index contributed by atoms with van der Waals surface area (Å²) in [6.45, 7) is 11.1. The fourth-order valence-corrected chi connectivity index (χ4v) is 3.24. The Labute approximate surface area is 146 Å². The number of ether oxygens (including phenoxy) is 3. The highest BCUT2D eigenvalue weighted by molar-refractivity contribution is 5.80. The smallest absolute Gasteiger partial charge is 0.193 e. The standard InChI is InChI=1S/C18H35N3O3/c1-3-19-18(21-11-8-16(9-12-21)23-4-2)20-10-6-13-22-15-17-7-5-14-24-17/h16-17H,3-15H2,1-2H3,(H,19,20). The zero-order valence-corrected chi connectivity index (χ0v) is 15.5. The highest BCUT2D eigenvalue weighted by Crippen LogP contribution is 2.14. The Morgan fingerprint density at radius 2 is 2.08 bits per heavy atom. The number of nitrogens with one attached hydrogen (secondary N) is 1. The summed E-state index contributed by atoms with van der Waals surface area (Å²) >= 11 is 0. The van der Waals surface area contributed by atoms with Crippen molar-refractivity contribution in [1.29, 1.82) is 0 Å². The number of hydrogen-bond acceptors (Lipinski definition) is 4. The molecular formula is C18H35N3O3. The second kappa shape index (κ2) is 11.7. The van der Waals surface area contributed by atoms with Gasteiger partial charge < -0.3 is 24.4 Å². The number of nitrogens with zero attached hydrogens (tertiary/aromatic N) is 2. The van der Waals surface area contributed by atoms with Crippen molar-refractivity contribution < 1.29 is 14.2 Å². The third-order valence-corrected chi connectivity index (χ3v) is 4.51. The van der Waals surface area contributed by atoms with Crippen molar-refractivity contribution in [2.45, 2.75) is 58.2 Å². The van der Waals surface area contributed by atoms with Crippen LogP contribution < -0.4 is 5.32 Å². The van der Waals surface area contributed by atoms with Crippen LogP contribution in [0.4, 0.5) is 0 Å². The van der Waals surface area contributed by atoms with Crippen LogP contribution in [0.1, 0.15) is 46.0 Å². The van der Waals surface area contributed by atoms with Gasteiger partial charge in [0.15, 0.2) is 5.96 Å². The summed E-state index contributed by atoms with van der Waals surface area (Å²) in [7, 11) is 0. The number of likely N-dealkylation sites (tertiary alicyclic amines) is 1. The Morgan fingerprint density at radius 3 is 2.75 bits per heavy atom. The van der Waals surface area contributed by atoms with Crippen LogP contribution in [0.25, 0.3) is 0 Å². The third-order valence-electron chi connectivity index (χ3n) is 4.51. The van der Waals surface area contributed by atoms with Gasteiger partial charge >= 0.3 is 0 Å². The Hall–Kier alpha value is -0.850. The largest absolute Gasteiger partial charge is 0.379 e. The lowest BCUT2D eigenvalue weighted by atomic mass is 10.1. The van der Waals surface area contributed by atoms with Crippen molar-refractivity contribution in [3.8, 4) is 0 Å². The van der Waals surface area contributed by atoms with Gasteiger partial charge in [-0.25, -0.2) is 0 Å². The molecule has 0 aromatic heterocycles. The zero-order valence-electron chi connectivity index (χ0n) is 15.5. The first-order valence-electron chi connectivity index (χ1n) is 9.67. The molecule has 6 heteroatoms. The van der Waals surface area contributed by atoms with Crippen LogP contribution in [0.15, 0.2) is 4.99 Å². The molecule has 0 aromatic rings. The Bertz CT molecular complexity index is 351. The van der Waals surface area contributed by atoms with Gasteiger partial charge in [-0.15, -0.1) is 0 Å². The van der Waals surface area contributed by atoms with Crippen LogP contribution in [-0.4, -0.2) is 75.7 Å². The molecule has 1 unspecified atom stereocenters. The van der Waals surface area contributed by atoms with E-state index >= 15 is 0 Å². The zero-order chi connectivity index (χ0) is 17.0. The maximum Gasteiger partial charge on any atom is 0.193 e. The Balaban J connectivity index is 1.63. The van der Waals surface area contributed by atoms with E-state index < -0.39 is 0 Å². The van der Waals surface area contributed by atoms with Crippen molar-refractivity contribution in [2.24, 2.45) is 4.99 Å². The molecule has 2 fully saturated rings. The summed E-state index contributed by atoms with van der Waals surface area (Å²) in [4.78, 5) is 7.11. The van der Waals surface area contributed by atoms with E-state index in [0.29, 0.717) is 12.2 Å². The van der Waals surface area contributed by atoms with E-state index in [1.165, 1.54) is 6.42 Å². The van der Waals surface area contributed by atoms with Crippen molar-refractivity contribution in [1.82, 2.24) is 10.2 Å². The Morgan fingerprint density at radius 1 is 1.25 bits per heavy atom. The quantitative estimate of drug-likeness (QED) is 0.395. The topological polar surface area (TPSA) is 55.3 Å². The van der Waals surface area contributed by atoms with Gasteiger partial charge in [-0.2, -0.15) is 0 Å². The molecular weight excluding hydrogens is 306 g/mol. The molecule has 0 amide bonds. The van der Waals surface area contributed by atoms with Gasteiger partial charge in [-0.05, 0) is 46.0 Å². The molecule has 2 heterocycles. The maximum atomic E-state index is 5.72. The van der Waals surface area contributed by atoms with Gasteiger partial charge in [0, 0.05) is 46.0 Å². The molecule has 2 aliphatic heterocycles. The van der Waals surface area contributed by atoms with Gasteiger partial charge in [0.25, 0.3) is 0 Å². The molecule has 6 nitrogen and oxygen atoms in total. The van der Waals surface area contributed by atoms with Gasteiger partial charge in [0.2, 0.25) is 0 Å². The van der Waals surface area contributed by atoms with Crippen LogP contribution in [-0.2, 0) is 14.2 Å². The molecule has 2 saturated heterocycles. The number of piperidine rings is 1. The minimum absolute atomic E-state index is 0.317. The lowest BCUT2D eigenvalue weighted by Crippen LogP contribution is -2.47. The van der Waals surface area contributed by atoms with E-state index in [2.05, 4.69) is 24.1 Å². The van der Waals surface area contributed by atoms with Crippen LogP contribution in [0.5, 0.6) is 0 Å². The van der Waals surface area contributed by atoms with Crippen LogP contribution in [0, 0.1) is 0 Å².